The van der Waals surface area contributed by atoms with E-state index in [1.165, 1.54) is 0 Å². The quantitative estimate of drug-likeness (QED) is 0.130. The summed E-state index contributed by atoms with van der Waals surface area (Å²) in [6.07, 6.45) is -11.3. The van der Waals surface area contributed by atoms with Gasteiger partial charge in [0.05, 0.1) is 12.7 Å². The Balaban J connectivity index is 5.50. The smallest absolute Gasteiger partial charge is 0.394 e. The van der Waals surface area contributed by atoms with Crippen molar-refractivity contribution in [2.75, 3.05) is 6.61 Å². The van der Waals surface area contributed by atoms with Crippen LogP contribution in [0, 0.1) is 0 Å². The fourth-order valence-electron chi connectivity index (χ4n) is 2.15. The molecule has 0 bridgehead atoms. The van der Waals surface area contributed by atoms with Gasteiger partial charge < -0.3 is 10.2 Å². The molecule has 0 fully saturated rings. The van der Waals surface area contributed by atoms with Gasteiger partial charge in [0, 0.05) is 10.3 Å². The topological polar surface area (TPSA) is 40.5 Å². The molecule has 0 heterocycles. The molecule has 0 rings (SSSR count). The first-order valence-electron chi connectivity index (χ1n) is 7.99. The molecule has 0 aliphatic heterocycles. The fraction of sp³-hybridized carbons (Fsp3) is 1.00. The van der Waals surface area contributed by atoms with Gasteiger partial charge in [-0.3, -0.25) is 0 Å². The number of aliphatic hydroxyl groups excluding tert-OH is 2. The van der Waals surface area contributed by atoms with E-state index < -0.39 is 65.3 Å². The first-order valence-corrected chi connectivity index (χ1v) is 9.23. The van der Waals surface area contributed by atoms with E-state index in [4.69, 9.17) is 10.2 Å². The summed E-state index contributed by atoms with van der Waals surface area (Å²) < 4.78 is 167. The van der Waals surface area contributed by atoms with Gasteiger partial charge in [0.2, 0.25) is 0 Å². The third-order valence-electron chi connectivity index (χ3n) is 3.99. The van der Waals surface area contributed by atoms with E-state index in [0.29, 0.717) is 0 Å². The van der Waals surface area contributed by atoms with Crippen LogP contribution >= 0.6 is 22.6 Å². The molecule has 0 aliphatic carbocycles. The number of halogens is 14. The Morgan fingerprint density at radius 2 is 1.03 bits per heavy atom. The second-order valence-corrected chi connectivity index (χ2v) is 8.18. The van der Waals surface area contributed by atoms with Crippen molar-refractivity contribution < 1.29 is 67.3 Å². The molecule has 2 atom stereocenters. The van der Waals surface area contributed by atoms with Crippen molar-refractivity contribution in [3.63, 3.8) is 0 Å². The summed E-state index contributed by atoms with van der Waals surface area (Å²) in [7, 11) is 0. The van der Waals surface area contributed by atoms with Crippen LogP contribution < -0.4 is 0 Å². The molecule has 0 saturated heterocycles. The number of aliphatic hydroxyl groups is 2. The zero-order chi connectivity index (χ0) is 24.4. The number of hydrogen-bond donors (Lipinski definition) is 2. The minimum atomic E-state index is -7.88. The second-order valence-electron chi connectivity index (χ2n) is 6.42. The van der Waals surface area contributed by atoms with E-state index in [1.54, 1.807) is 0 Å². The zero-order valence-corrected chi connectivity index (χ0v) is 16.7. The van der Waals surface area contributed by atoms with Gasteiger partial charge in [-0.1, -0.05) is 35.4 Å². The summed E-state index contributed by atoms with van der Waals surface area (Å²) in [5, 5.41) is 17.6. The summed E-state index contributed by atoms with van der Waals surface area (Å²) in [5.41, 5.74) is 0. The molecule has 16 heteroatoms. The molecule has 2 nitrogen and oxygen atoms in total. The lowest BCUT2D eigenvalue weighted by molar-refractivity contribution is -0.440. The van der Waals surface area contributed by atoms with E-state index in [-0.39, 0.29) is 19.3 Å². The predicted octanol–water partition coefficient (Wildman–Crippen LogP) is 5.83. The molecule has 0 radical (unpaired) electrons. The molecule has 0 spiro atoms. The molecule has 0 aromatic heterocycles. The highest BCUT2D eigenvalue weighted by Gasteiger charge is 2.90. The molecule has 0 amide bonds. The molecular formula is C14H16F13IO2. The monoisotopic (exact) mass is 590 g/mol. The average molecular weight is 590 g/mol. The summed E-state index contributed by atoms with van der Waals surface area (Å²) in [6.45, 7) is -0.635. The van der Waals surface area contributed by atoms with Gasteiger partial charge in [-0.2, -0.15) is 57.1 Å². The van der Waals surface area contributed by atoms with Crippen LogP contribution in [0.15, 0.2) is 0 Å². The van der Waals surface area contributed by atoms with E-state index in [2.05, 4.69) is 0 Å². The molecule has 0 aliphatic rings. The van der Waals surface area contributed by atoms with Gasteiger partial charge in [-0.05, 0) is 12.8 Å². The van der Waals surface area contributed by atoms with Crippen molar-refractivity contribution in [2.24, 2.45) is 0 Å². The average Bonchev–Trinajstić information content (AvgIpc) is 2.56. The van der Waals surface area contributed by atoms with Crippen LogP contribution in [-0.2, 0) is 0 Å². The highest BCUT2D eigenvalue weighted by atomic mass is 127. The maximum Gasteiger partial charge on any atom is 0.460 e. The Hall–Kier alpha value is -0.260. The van der Waals surface area contributed by atoms with Gasteiger partial charge in [0.25, 0.3) is 0 Å². The van der Waals surface area contributed by atoms with Gasteiger partial charge >= 0.3 is 35.8 Å². The summed E-state index contributed by atoms with van der Waals surface area (Å²) >= 11 is 1.07. The van der Waals surface area contributed by atoms with E-state index in [0.717, 1.165) is 22.6 Å². The first kappa shape index (κ1) is 29.7. The summed E-state index contributed by atoms with van der Waals surface area (Å²) in [5.74, 6) is -36.7. The zero-order valence-electron chi connectivity index (χ0n) is 14.6. The third kappa shape index (κ3) is 5.75. The number of rotatable bonds is 12. The number of alkyl halides is 14. The first-order chi connectivity index (χ1) is 13.1. The van der Waals surface area contributed by atoms with Gasteiger partial charge in [-0.15, -0.1) is 0 Å². The van der Waals surface area contributed by atoms with Crippen molar-refractivity contribution in [2.45, 2.75) is 77.9 Å². The van der Waals surface area contributed by atoms with E-state index in [1.807, 2.05) is 0 Å². The summed E-state index contributed by atoms with van der Waals surface area (Å²) in [4.78, 5) is 0. The van der Waals surface area contributed by atoms with Gasteiger partial charge in [0.15, 0.2) is 0 Å². The van der Waals surface area contributed by atoms with Crippen LogP contribution in [0.2, 0.25) is 0 Å². The minimum absolute atomic E-state index is 0.0385. The second kappa shape index (κ2) is 9.70. The predicted molar refractivity (Wildman–Crippen MR) is 84.8 cm³/mol. The molecule has 30 heavy (non-hydrogen) atoms. The van der Waals surface area contributed by atoms with Crippen molar-refractivity contribution in [3.05, 3.63) is 0 Å². The molecular weight excluding hydrogens is 574 g/mol. The van der Waals surface area contributed by atoms with Crippen molar-refractivity contribution in [1.29, 1.82) is 0 Å². The van der Waals surface area contributed by atoms with Gasteiger partial charge in [0.1, 0.15) is 0 Å². The SMILES string of the molecule is OCC(O)CCCCC(I)CC(F)(F)C(F)(F)C(F)(F)C(F)(F)C(F)(F)C(F)(F)F. The van der Waals surface area contributed by atoms with Crippen molar-refractivity contribution in [1.82, 2.24) is 0 Å². The molecule has 0 aromatic carbocycles. The highest BCUT2D eigenvalue weighted by molar-refractivity contribution is 14.1. The molecule has 182 valence electrons. The Labute approximate surface area is 174 Å². The maximum atomic E-state index is 13.7. The highest BCUT2D eigenvalue weighted by Crippen LogP contribution is 2.61. The number of unbranched alkanes of at least 4 members (excludes halogenated alkanes) is 1. The fourth-order valence-corrected chi connectivity index (χ4v) is 3.14. The lowest BCUT2D eigenvalue weighted by Crippen LogP contribution is -2.70. The largest absolute Gasteiger partial charge is 0.460 e. The Morgan fingerprint density at radius 1 is 0.633 bits per heavy atom. The standard InChI is InChI=1S/C14H16F13IO2/c15-9(16,5-7(28)3-1-2-4-8(30)6-29)10(17,18)11(19,20)12(21,22)13(23,24)14(25,26)27/h7-8,29-30H,1-6H2. The van der Waals surface area contributed by atoms with Gasteiger partial charge in [-0.25, -0.2) is 0 Å². The van der Waals surface area contributed by atoms with Crippen LogP contribution in [0.1, 0.15) is 32.1 Å². The molecule has 2 unspecified atom stereocenters. The van der Waals surface area contributed by atoms with Crippen LogP contribution in [0.4, 0.5) is 57.1 Å². The Morgan fingerprint density at radius 3 is 1.43 bits per heavy atom. The minimum Gasteiger partial charge on any atom is -0.394 e. The van der Waals surface area contributed by atoms with Crippen molar-refractivity contribution in [3.8, 4) is 0 Å². The van der Waals surface area contributed by atoms with Crippen molar-refractivity contribution >= 4 is 22.6 Å². The Bertz CT molecular complexity index is 550. The normalized spacial score (nSPS) is 17.2. The maximum absolute atomic E-state index is 13.7. The summed E-state index contributed by atoms with van der Waals surface area (Å²) in [6, 6.07) is 0. The van der Waals surface area contributed by atoms with Crippen LogP contribution in [-0.4, -0.2) is 62.6 Å². The number of hydrogen-bond acceptors (Lipinski definition) is 2. The van der Waals surface area contributed by atoms with Crippen LogP contribution in [0.3, 0.4) is 0 Å². The van der Waals surface area contributed by atoms with Crippen LogP contribution in [0.25, 0.3) is 0 Å². The van der Waals surface area contributed by atoms with Crippen LogP contribution in [0.5, 0.6) is 0 Å². The Kier molecular flexibility index (Phi) is 9.62. The molecule has 2 N–H and O–H groups in total. The lowest BCUT2D eigenvalue weighted by Gasteiger charge is -2.40. The van der Waals surface area contributed by atoms with E-state index >= 15 is 0 Å². The van der Waals surface area contributed by atoms with E-state index in [9.17, 15) is 57.1 Å². The third-order valence-corrected chi connectivity index (χ3v) is 5.05. The lowest BCUT2D eigenvalue weighted by atomic mass is 9.91. The molecule has 0 saturated carbocycles. The molecule has 0 aromatic rings.